The second kappa shape index (κ2) is 8.26. The van der Waals surface area contributed by atoms with Crippen molar-refractivity contribution in [1.82, 2.24) is 9.71 Å². The Kier molecular flexibility index (Phi) is 5.65. The monoisotopic (exact) mass is 458 g/mol. The molecular formula is C22H19FN2O4S2. The number of halogens is 1. The quantitative estimate of drug-likeness (QED) is 0.378. The van der Waals surface area contributed by atoms with Gasteiger partial charge >= 0.3 is 5.97 Å². The molecule has 2 heterocycles. The van der Waals surface area contributed by atoms with Crippen molar-refractivity contribution in [2.24, 2.45) is 0 Å². The second-order valence-electron chi connectivity index (χ2n) is 7.14. The van der Waals surface area contributed by atoms with Crippen molar-refractivity contribution >= 4 is 38.2 Å². The first kappa shape index (κ1) is 21.2. The maximum atomic E-state index is 13.1. The van der Waals surface area contributed by atoms with Gasteiger partial charge in [-0.15, -0.1) is 11.3 Å². The van der Waals surface area contributed by atoms with E-state index < -0.39 is 28.0 Å². The minimum Gasteiger partial charge on any atom is -0.480 e. The van der Waals surface area contributed by atoms with E-state index in [0.717, 1.165) is 22.2 Å². The van der Waals surface area contributed by atoms with Gasteiger partial charge in [0.05, 0.1) is 0 Å². The highest BCUT2D eigenvalue weighted by molar-refractivity contribution is 7.91. The Hall–Kier alpha value is -3.01. The summed E-state index contributed by atoms with van der Waals surface area (Å²) in [4.78, 5) is 15.7. The molecule has 3 N–H and O–H groups in total. The molecule has 0 saturated heterocycles. The molecule has 2 atom stereocenters. The van der Waals surface area contributed by atoms with Crippen molar-refractivity contribution in [2.75, 3.05) is 0 Å². The van der Waals surface area contributed by atoms with E-state index >= 15 is 0 Å². The third-order valence-electron chi connectivity index (χ3n) is 5.13. The smallest absolute Gasteiger partial charge is 0.322 e. The Morgan fingerprint density at radius 2 is 1.81 bits per heavy atom. The third kappa shape index (κ3) is 4.25. The fourth-order valence-corrected chi connectivity index (χ4v) is 6.07. The van der Waals surface area contributed by atoms with Crippen molar-refractivity contribution in [2.45, 2.75) is 23.1 Å². The van der Waals surface area contributed by atoms with Gasteiger partial charge in [-0.1, -0.05) is 37.3 Å². The molecule has 4 aromatic rings. The lowest BCUT2D eigenvalue weighted by atomic mass is 9.93. The first-order valence-electron chi connectivity index (χ1n) is 9.43. The molecule has 4 rings (SSSR count). The standard InChI is InChI=1S/C22H19FN2O4S2/c1-13(17-12-24-18-5-3-2-4-16(17)18)21(22(26)27)25-31(28,29)20-11-10-19(30-20)14-6-8-15(23)9-7-14/h2-13,21,24-25H,1H3,(H,26,27)/t13-,21+/m0/s1. The number of carboxylic acids is 1. The van der Waals surface area contributed by atoms with Gasteiger partial charge in [0.1, 0.15) is 16.1 Å². The zero-order valence-corrected chi connectivity index (χ0v) is 18.0. The van der Waals surface area contributed by atoms with Crippen LogP contribution < -0.4 is 4.72 Å². The van der Waals surface area contributed by atoms with E-state index in [-0.39, 0.29) is 10.0 Å². The van der Waals surface area contributed by atoms with Crippen molar-refractivity contribution < 1.29 is 22.7 Å². The minimum atomic E-state index is -4.09. The number of nitrogens with one attached hydrogen (secondary N) is 2. The molecule has 0 saturated carbocycles. The lowest BCUT2D eigenvalue weighted by molar-refractivity contribution is -0.139. The SMILES string of the molecule is C[C@@H](c1c[nH]c2ccccc12)[C@@H](NS(=O)(=O)c1ccc(-c2ccc(F)cc2)s1)C(=O)O. The molecule has 0 spiro atoms. The highest BCUT2D eigenvalue weighted by Crippen LogP contribution is 2.32. The lowest BCUT2D eigenvalue weighted by Gasteiger charge is -2.21. The molecule has 9 heteroatoms. The molecule has 0 bridgehead atoms. The number of aliphatic carboxylic acids is 1. The molecule has 31 heavy (non-hydrogen) atoms. The molecule has 0 fully saturated rings. The van der Waals surface area contributed by atoms with E-state index in [2.05, 4.69) is 9.71 Å². The molecule has 2 aromatic carbocycles. The Morgan fingerprint density at radius 3 is 2.52 bits per heavy atom. The highest BCUT2D eigenvalue weighted by Gasteiger charge is 2.33. The molecular weight excluding hydrogens is 439 g/mol. The maximum absolute atomic E-state index is 13.1. The summed E-state index contributed by atoms with van der Waals surface area (Å²) in [7, 11) is -4.09. The number of fused-ring (bicyclic) bond motifs is 1. The number of sulfonamides is 1. The molecule has 0 aliphatic rings. The van der Waals surface area contributed by atoms with Crippen LogP contribution >= 0.6 is 11.3 Å². The Bertz CT molecular complexity index is 1340. The van der Waals surface area contributed by atoms with Crippen molar-refractivity contribution in [3.05, 3.63) is 78.2 Å². The van der Waals surface area contributed by atoms with E-state index in [9.17, 15) is 22.7 Å². The van der Waals surface area contributed by atoms with E-state index in [1.807, 2.05) is 24.3 Å². The number of hydrogen-bond donors (Lipinski definition) is 3. The van der Waals surface area contributed by atoms with Crippen molar-refractivity contribution in [1.29, 1.82) is 0 Å². The van der Waals surface area contributed by atoms with Gasteiger partial charge < -0.3 is 10.1 Å². The Balaban J connectivity index is 1.62. The predicted octanol–water partition coefficient (Wildman–Crippen LogP) is 4.57. The van der Waals surface area contributed by atoms with Crippen LogP contribution in [0.4, 0.5) is 4.39 Å². The largest absolute Gasteiger partial charge is 0.480 e. The summed E-state index contributed by atoms with van der Waals surface area (Å²) in [5, 5.41) is 10.6. The first-order chi connectivity index (χ1) is 14.8. The van der Waals surface area contributed by atoms with Gasteiger partial charge in [-0.25, -0.2) is 12.8 Å². The summed E-state index contributed by atoms with van der Waals surface area (Å²) in [5.41, 5.74) is 2.23. The van der Waals surface area contributed by atoms with E-state index in [1.165, 1.54) is 18.2 Å². The van der Waals surface area contributed by atoms with Gasteiger partial charge in [-0.3, -0.25) is 4.79 Å². The van der Waals surface area contributed by atoms with Crippen LogP contribution in [0.2, 0.25) is 0 Å². The average Bonchev–Trinajstić information content (AvgIpc) is 3.40. The van der Waals surface area contributed by atoms with Gasteiger partial charge in [0.15, 0.2) is 0 Å². The molecule has 160 valence electrons. The molecule has 0 unspecified atom stereocenters. The van der Waals surface area contributed by atoms with Gasteiger partial charge in [0.25, 0.3) is 10.0 Å². The number of thiophene rings is 1. The normalized spacial score (nSPS) is 13.9. The average molecular weight is 459 g/mol. The predicted molar refractivity (Wildman–Crippen MR) is 118 cm³/mol. The molecule has 6 nitrogen and oxygen atoms in total. The van der Waals surface area contributed by atoms with Gasteiger partial charge in [0, 0.05) is 27.9 Å². The van der Waals surface area contributed by atoms with Gasteiger partial charge in [-0.2, -0.15) is 4.72 Å². The second-order valence-corrected chi connectivity index (χ2v) is 10.2. The van der Waals surface area contributed by atoms with E-state index in [4.69, 9.17) is 0 Å². The topological polar surface area (TPSA) is 99.3 Å². The molecule has 0 radical (unpaired) electrons. The molecule has 0 aliphatic carbocycles. The maximum Gasteiger partial charge on any atom is 0.322 e. The van der Waals surface area contributed by atoms with Crippen molar-refractivity contribution in [3.8, 4) is 10.4 Å². The Morgan fingerprint density at radius 1 is 1.10 bits per heavy atom. The number of carboxylic acid groups (broad SMARTS) is 1. The molecule has 0 amide bonds. The van der Waals surface area contributed by atoms with Crippen LogP contribution in [0.25, 0.3) is 21.3 Å². The Labute approximate surface area is 182 Å². The summed E-state index contributed by atoms with van der Waals surface area (Å²) >= 11 is 0.992. The van der Waals surface area contributed by atoms with Crippen LogP contribution in [-0.2, 0) is 14.8 Å². The van der Waals surface area contributed by atoms with Crippen LogP contribution in [0.5, 0.6) is 0 Å². The number of hydrogen-bond acceptors (Lipinski definition) is 4. The number of carbonyl (C=O) groups is 1. The third-order valence-corrected chi connectivity index (χ3v) is 8.20. The minimum absolute atomic E-state index is 0.01000. The zero-order valence-electron chi connectivity index (χ0n) is 16.4. The summed E-state index contributed by atoms with van der Waals surface area (Å²) in [6, 6.07) is 14.8. The summed E-state index contributed by atoms with van der Waals surface area (Å²) in [6.45, 7) is 1.68. The number of aromatic amines is 1. The fraction of sp³-hybridized carbons (Fsp3) is 0.136. The van der Waals surface area contributed by atoms with Crippen molar-refractivity contribution in [3.63, 3.8) is 0 Å². The van der Waals surface area contributed by atoms with Crippen LogP contribution in [-0.4, -0.2) is 30.5 Å². The van der Waals surface area contributed by atoms with Crippen LogP contribution in [0.1, 0.15) is 18.4 Å². The first-order valence-corrected chi connectivity index (χ1v) is 11.7. The van der Waals surface area contributed by atoms with Gasteiger partial charge in [0.2, 0.25) is 0 Å². The zero-order chi connectivity index (χ0) is 22.2. The lowest BCUT2D eigenvalue weighted by Crippen LogP contribution is -2.43. The molecule has 2 aromatic heterocycles. The van der Waals surface area contributed by atoms with Gasteiger partial charge in [-0.05, 0) is 41.5 Å². The highest BCUT2D eigenvalue weighted by atomic mass is 32.2. The summed E-state index contributed by atoms with van der Waals surface area (Å²) in [6.07, 6.45) is 1.71. The van der Waals surface area contributed by atoms with E-state index in [0.29, 0.717) is 16.0 Å². The number of para-hydroxylation sites is 1. The number of rotatable bonds is 7. The molecule has 0 aliphatic heterocycles. The number of aromatic nitrogens is 1. The number of benzene rings is 2. The van der Waals surface area contributed by atoms with E-state index in [1.54, 1.807) is 31.3 Å². The summed E-state index contributed by atoms with van der Waals surface area (Å²) < 4.78 is 41.4. The summed E-state index contributed by atoms with van der Waals surface area (Å²) in [5.74, 6) is -2.28. The number of H-pyrrole nitrogens is 1. The van der Waals surface area contributed by atoms with Crippen LogP contribution in [0.3, 0.4) is 0 Å². The van der Waals surface area contributed by atoms with Crippen LogP contribution in [0, 0.1) is 5.82 Å². The fourth-order valence-electron chi connectivity index (χ4n) is 3.48. The van der Waals surface area contributed by atoms with Crippen LogP contribution in [0.15, 0.2) is 71.1 Å².